The molecule has 2 N–H and O–H groups in total. The summed E-state index contributed by atoms with van der Waals surface area (Å²) in [5.41, 5.74) is -3.24. The van der Waals surface area contributed by atoms with Crippen molar-refractivity contribution in [3.63, 3.8) is 0 Å². The van der Waals surface area contributed by atoms with Crippen LogP contribution in [-0.4, -0.2) is 80.6 Å². The van der Waals surface area contributed by atoms with Crippen molar-refractivity contribution in [1.82, 2.24) is 24.7 Å². The predicted molar refractivity (Wildman–Crippen MR) is 168 cm³/mol. The number of carboxylic acids is 1. The number of aromatic nitrogens is 5. The van der Waals surface area contributed by atoms with Crippen LogP contribution in [0.5, 0.6) is 5.75 Å². The second-order valence-electron chi connectivity index (χ2n) is 11.0. The zero-order chi connectivity index (χ0) is 35.9. The summed E-state index contributed by atoms with van der Waals surface area (Å²) in [6.45, 7) is 2.01. The monoisotopic (exact) mass is 701 g/mol. The van der Waals surface area contributed by atoms with Crippen molar-refractivity contribution >= 4 is 5.97 Å². The highest BCUT2D eigenvalue weighted by molar-refractivity contribution is 5.82. The molecule has 0 radical (unpaired) electrons. The van der Waals surface area contributed by atoms with Crippen molar-refractivity contribution in [2.75, 3.05) is 39.6 Å². The molecule has 1 unspecified atom stereocenters. The number of pyridine rings is 1. The zero-order valence-electron chi connectivity index (χ0n) is 26.7. The largest absolute Gasteiger partial charge is 0.494 e. The van der Waals surface area contributed by atoms with Gasteiger partial charge in [-0.2, -0.15) is 18.3 Å². The Kier molecular flexibility index (Phi) is 11.3. The number of hydrogen-bond acceptors (Lipinski definition) is 9. The number of halogens is 5. The minimum absolute atomic E-state index is 0.0399. The Morgan fingerprint density at radius 2 is 1.64 bits per heavy atom. The number of benzene rings is 2. The lowest BCUT2D eigenvalue weighted by Gasteiger charge is -2.31. The zero-order valence-corrected chi connectivity index (χ0v) is 26.7. The fraction of sp³-hybridized carbons (Fsp3) is 0.324. The number of carboxylic acid groups (broad SMARTS) is 1. The van der Waals surface area contributed by atoms with Crippen LogP contribution in [0, 0.1) is 11.6 Å². The predicted octanol–water partition coefficient (Wildman–Crippen LogP) is 5.84. The molecule has 1 aromatic heterocycles. The van der Waals surface area contributed by atoms with Crippen LogP contribution in [0.3, 0.4) is 0 Å². The van der Waals surface area contributed by atoms with Crippen LogP contribution >= 0.6 is 0 Å². The van der Waals surface area contributed by atoms with E-state index < -0.39 is 34.9 Å². The average Bonchev–Trinajstić information content (AvgIpc) is 3.53. The Bertz CT molecular complexity index is 1890. The van der Waals surface area contributed by atoms with E-state index in [0.717, 1.165) is 23.0 Å². The molecule has 0 amide bonds. The number of aliphatic hydroxyl groups is 1. The van der Waals surface area contributed by atoms with Gasteiger partial charge in [-0.25, -0.2) is 28.2 Å². The van der Waals surface area contributed by atoms with Gasteiger partial charge in [0.2, 0.25) is 0 Å². The lowest BCUT2D eigenvalue weighted by molar-refractivity contribution is -0.147. The van der Waals surface area contributed by atoms with Crippen molar-refractivity contribution in [1.29, 1.82) is 0 Å². The minimum atomic E-state index is -4.74. The molecule has 11 nitrogen and oxygen atoms in total. The second-order valence-corrected chi connectivity index (χ2v) is 11.0. The number of ether oxygens (including phenoxy) is 3. The fourth-order valence-corrected chi connectivity index (χ4v) is 5.24. The van der Waals surface area contributed by atoms with E-state index in [0.29, 0.717) is 6.42 Å². The van der Waals surface area contributed by atoms with Gasteiger partial charge < -0.3 is 24.4 Å². The highest BCUT2D eigenvalue weighted by Gasteiger charge is 2.44. The van der Waals surface area contributed by atoms with Crippen molar-refractivity contribution < 1.29 is 51.2 Å². The van der Waals surface area contributed by atoms with Gasteiger partial charge in [0.05, 0.1) is 62.2 Å². The van der Waals surface area contributed by atoms with E-state index in [9.17, 15) is 31.9 Å². The number of aliphatic carboxylic acids is 1. The molecule has 2 aliphatic heterocycles. The molecule has 0 bridgehead atoms. The Labute approximate surface area is 282 Å². The molecular formula is C34H32F5N5O6. The smallest absolute Gasteiger partial charge is 0.417 e. The molecule has 0 spiro atoms. The third-order valence-corrected chi connectivity index (χ3v) is 7.70. The number of rotatable bonds is 16. The van der Waals surface area contributed by atoms with E-state index in [4.69, 9.17) is 19.3 Å². The number of alkyl halides is 3. The van der Waals surface area contributed by atoms with Crippen LogP contribution in [0.15, 0.2) is 67.1 Å². The summed E-state index contributed by atoms with van der Waals surface area (Å²) in [6.07, 6.45) is -0.754. The van der Waals surface area contributed by atoms with E-state index >= 15 is 0 Å². The maximum absolute atomic E-state index is 14.5. The number of fused-ring (bicyclic) bond motifs is 1. The Morgan fingerprint density at radius 1 is 0.880 bits per heavy atom. The summed E-state index contributed by atoms with van der Waals surface area (Å²) < 4.78 is 88.1. The normalized spacial score (nSPS) is 13.0. The molecule has 2 aliphatic rings. The number of hydrogen-bond donors (Lipinski definition) is 2. The topological polar surface area (TPSA) is 142 Å². The molecule has 1 atom stereocenters. The quantitative estimate of drug-likeness (QED) is 0.0953. The van der Waals surface area contributed by atoms with Gasteiger partial charge in [0, 0.05) is 30.4 Å². The summed E-state index contributed by atoms with van der Waals surface area (Å²) in [5, 5.41) is 24.0. The van der Waals surface area contributed by atoms with Gasteiger partial charge in [-0.3, -0.25) is 4.98 Å². The van der Waals surface area contributed by atoms with Gasteiger partial charge in [-0.05, 0) is 42.8 Å². The first-order valence-corrected chi connectivity index (χ1v) is 15.5. The number of nitrogens with zero attached hydrogens (tertiary/aromatic N) is 5. The SMILES string of the molecule is CCCOc1ccc(-c2ccc(C(CCOCCOCCO)(C(=O)O)n3cc4nc(-c5cccc(F)c5F)nc-4cn3)cn2)c(C(F)(F)F)c1. The molecule has 0 saturated heterocycles. The van der Waals surface area contributed by atoms with Crippen LogP contribution in [0.2, 0.25) is 0 Å². The van der Waals surface area contributed by atoms with E-state index in [1.807, 2.05) is 6.92 Å². The van der Waals surface area contributed by atoms with Gasteiger partial charge in [0.25, 0.3) is 0 Å². The van der Waals surface area contributed by atoms with E-state index in [1.165, 1.54) is 48.8 Å². The summed E-state index contributed by atoms with van der Waals surface area (Å²) in [5.74, 6) is -3.78. The van der Waals surface area contributed by atoms with Crippen LogP contribution in [0.25, 0.3) is 34.0 Å². The van der Waals surface area contributed by atoms with E-state index in [1.54, 1.807) is 0 Å². The van der Waals surface area contributed by atoms with Gasteiger partial charge in [0.1, 0.15) is 17.1 Å². The minimum Gasteiger partial charge on any atom is -0.494 e. The first-order valence-electron chi connectivity index (χ1n) is 15.5. The number of aliphatic hydroxyl groups excluding tert-OH is 1. The van der Waals surface area contributed by atoms with Gasteiger partial charge in [0.15, 0.2) is 23.0 Å². The first kappa shape index (κ1) is 36.2. The molecule has 0 fully saturated rings. The van der Waals surface area contributed by atoms with Crippen LogP contribution in [0.4, 0.5) is 22.0 Å². The molecular weight excluding hydrogens is 669 g/mol. The van der Waals surface area contributed by atoms with Gasteiger partial charge >= 0.3 is 12.1 Å². The van der Waals surface area contributed by atoms with Crippen molar-refractivity contribution in [2.45, 2.75) is 31.5 Å². The average molecular weight is 702 g/mol. The first-order chi connectivity index (χ1) is 24.0. The summed E-state index contributed by atoms with van der Waals surface area (Å²) in [6, 6.07) is 9.68. The number of imidazole rings is 1. The third kappa shape index (κ3) is 7.72. The van der Waals surface area contributed by atoms with Crippen LogP contribution < -0.4 is 4.74 Å². The molecule has 50 heavy (non-hydrogen) atoms. The Morgan fingerprint density at radius 3 is 2.32 bits per heavy atom. The molecule has 3 heterocycles. The molecule has 5 rings (SSSR count). The second kappa shape index (κ2) is 15.7. The highest BCUT2D eigenvalue weighted by atomic mass is 19.4. The van der Waals surface area contributed by atoms with Crippen molar-refractivity contribution in [3.05, 3.63) is 89.9 Å². The molecule has 0 saturated carbocycles. The fourth-order valence-electron chi connectivity index (χ4n) is 5.24. The Hall–Kier alpha value is -5.06. The Balaban J connectivity index is 1.56. The maximum Gasteiger partial charge on any atom is 0.417 e. The van der Waals surface area contributed by atoms with Gasteiger partial charge in [-0.15, -0.1) is 0 Å². The summed E-state index contributed by atoms with van der Waals surface area (Å²) >= 11 is 0. The summed E-state index contributed by atoms with van der Waals surface area (Å²) in [7, 11) is 0. The van der Waals surface area contributed by atoms with Crippen molar-refractivity contribution in [2.24, 2.45) is 0 Å². The molecule has 3 aromatic rings. The standard InChI is InChI=1S/C34H32F5N5O6/c1-2-12-50-22-7-8-23(25(17-22)34(37,38)39)27-9-6-21(18-40-27)33(32(46)47,10-13-48-15-16-49-14-11-45)44-20-29-28(19-41-44)42-31(43-29)24-4-3-5-26(35)30(24)36/h3-9,17-20,45H,2,10-16H2,1H3,(H,46,47). The maximum atomic E-state index is 14.5. The van der Waals surface area contributed by atoms with Crippen LogP contribution in [-0.2, 0) is 26.0 Å². The van der Waals surface area contributed by atoms with E-state index in [-0.39, 0.29) is 91.4 Å². The van der Waals surface area contributed by atoms with E-state index in [2.05, 4.69) is 20.1 Å². The number of carbonyl (C=O) groups is 1. The molecule has 2 aromatic carbocycles. The van der Waals surface area contributed by atoms with Crippen LogP contribution in [0.1, 0.15) is 30.9 Å². The molecule has 264 valence electrons. The molecule has 16 heteroatoms. The lowest BCUT2D eigenvalue weighted by Crippen LogP contribution is -2.45. The lowest BCUT2D eigenvalue weighted by atomic mass is 9.87. The summed E-state index contributed by atoms with van der Waals surface area (Å²) in [4.78, 5) is 26.0. The van der Waals surface area contributed by atoms with Crippen molar-refractivity contribution in [3.8, 4) is 39.8 Å². The molecule has 0 aliphatic carbocycles. The highest BCUT2D eigenvalue weighted by Crippen LogP contribution is 2.40. The third-order valence-electron chi connectivity index (χ3n) is 7.70. The van der Waals surface area contributed by atoms with Gasteiger partial charge in [-0.1, -0.05) is 19.1 Å².